The summed E-state index contributed by atoms with van der Waals surface area (Å²) < 4.78 is 5.59. The van der Waals surface area contributed by atoms with E-state index in [1.54, 1.807) is 6.21 Å². The number of thiazole rings is 1. The number of aliphatic imine (C=N–C) groups is 1. The molecule has 2 rings (SSSR count). The maximum Gasteiger partial charge on any atom is 0.133 e. The molecule has 0 aliphatic carbocycles. The third-order valence-electron chi connectivity index (χ3n) is 2.98. The van der Waals surface area contributed by atoms with Gasteiger partial charge in [-0.3, -0.25) is 4.99 Å². The molecule has 1 aromatic carbocycles. The first-order valence-electron chi connectivity index (χ1n) is 7.23. The zero-order valence-corrected chi connectivity index (χ0v) is 13.4. The van der Waals surface area contributed by atoms with Crippen molar-refractivity contribution < 1.29 is 4.74 Å². The van der Waals surface area contributed by atoms with Gasteiger partial charge in [-0.15, -0.1) is 11.3 Å². The van der Waals surface area contributed by atoms with Crippen LogP contribution in [-0.4, -0.2) is 24.4 Å². The van der Waals surface area contributed by atoms with Gasteiger partial charge in [-0.2, -0.15) is 5.26 Å². The minimum absolute atomic E-state index is 0.344. The van der Waals surface area contributed by atoms with E-state index in [1.807, 2.05) is 42.6 Å². The molecule has 0 fully saturated rings. The summed E-state index contributed by atoms with van der Waals surface area (Å²) >= 11 is 1.50. The summed E-state index contributed by atoms with van der Waals surface area (Å²) in [5.41, 5.74) is 2.12. The summed E-state index contributed by atoms with van der Waals surface area (Å²) in [6.45, 7) is 3.89. The fourth-order valence-electron chi connectivity index (χ4n) is 1.87. The lowest BCUT2D eigenvalue weighted by Crippen LogP contribution is -2.00. The first kappa shape index (κ1) is 16.3. The zero-order chi connectivity index (χ0) is 15.6. The van der Waals surface area contributed by atoms with Crippen molar-refractivity contribution >= 4 is 17.6 Å². The van der Waals surface area contributed by atoms with Gasteiger partial charge >= 0.3 is 0 Å². The monoisotopic (exact) mass is 313 g/mol. The zero-order valence-electron chi connectivity index (χ0n) is 12.6. The van der Waals surface area contributed by atoms with E-state index in [2.05, 4.69) is 16.0 Å². The van der Waals surface area contributed by atoms with Crippen LogP contribution in [0.25, 0.3) is 0 Å². The van der Waals surface area contributed by atoms with Gasteiger partial charge in [0.15, 0.2) is 0 Å². The minimum Gasteiger partial charge on any atom is -0.377 e. The Morgan fingerprint density at radius 3 is 2.91 bits per heavy atom. The Balaban J connectivity index is 1.64. The Bertz CT molecular complexity index is 631. The SMILES string of the molecule is Cc1csc([C@@H](C#N)C=NCCCOCc2ccccc2)n1. The molecular formula is C17H19N3OS. The van der Waals surface area contributed by atoms with Gasteiger partial charge in [-0.05, 0) is 18.9 Å². The van der Waals surface area contributed by atoms with Gasteiger partial charge in [0.1, 0.15) is 10.9 Å². The van der Waals surface area contributed by atoms with Crippen LogP contribution in [-0.2, 0) is 11.3 Å². The van der Waals surface area contributed by atoms with Crippen molar-refractivity contribution in [1.82, 2.24) is 4.98 Å². The van der Waals surface area contributed by atoms with Gasteiger partial charge in [0.25, 0.3) is 0 Å². The fraction of sp³-hybridized carbons (Fsp3) is 0.353. The van der Waals surface area contributed by atoms with Crippen LogP contribution in [0.15, 0.2) is 40.7 Å². The van der Waals surface area contributed by atoms with Crippen LogP contribution in [0.3, 0.4) is 0 Å². The van der Waals surface area contributed by atoms with E-state index >= 15 is 0 Å². The van der Waals surface area contributed by atoms with E-state index in [0.29, 0.717) is 19.8 Å². The number of hydrogen-bond donors (Lipinski definition) is 0. The minimum atomic E-state index is -0.344. The van der Waals surface area contributed by atoms with Crippen LogP contribution in [0.2, 0.25) is 0 Å². The van der Waals surface area contributed by atoms with E-state index in [0.717, 1.165) is 17.1 Å². The van der Waals surface area contributed by atoms with Crippen LogP contribution >= 0.6 is 11.3 Å². The molecule has 22 heavy (non-hydrogen) atoms. The first-order valence-corrected chi connectivity index (χ1v) is 8.11. The van der Waals surface area contributed by atoms with Crippen molar-refractivity contribution in [3.63, 3.8) is 0 Å². The quantitative estimate of drug-likeness (QED) is 0.551. The number of hydrogen-bond acceptors (Lipinski definition) is 5. The van der Waals surface area contributed by atoms with Crippen LogP contribution in [0, 0.1) is 18.3 Å². The molecule has 0 saturated carbocycles. The average molecular weight is 313 g/mol. The molecule has 1 heterocycles. The van der Waals surface area contributed by atoms with Crippen molar-refractivity contribution in [1.29, 1.82) is 5.26 Å². The molecule has 2 aromatic rings. The fourth-order valence-corrected chi connectivity index (χ4v) is 2.67. The molecule has 4 nitrogen and oxygen atoms in total. The van der Waals surface area contributed by atoms with Crippen LogP contribution in [0.1, 0.15) is 28.6 Å². The molecule has 5 heteroatoms. The topological polar surface area (TPSA) is 58.3 Å². The van der Waals surface area contributed by atoms with Crippen LogP contribution < -0.4 is 0 Å². The van der Waals surface area contributed by atoms with Crippen LogP contribution in [0.4, 0.5) is 0 Å². The smallest absolute Gasteiger partial charge is 0.133 e. The first-order chi connectivity index (χ1) is 10.8. The number of aryl methyl sites for hydroxylation is 1. The molecule has 0 amide bonds. The van der Waals surface area contributed by atoms with E-state index in [-0.39, 0.29) is 5.92 Å². The maximum absolute atomic E-state index is 9.16. The predicted molar refractivity (Wildman–Crippen MR) is 89.3 cm³/mol. The summed E-state index contributed by atoms with van der Waals surface area (Å²) in [6.07, 6.45) is 2.54. The van der Waals surface area contributed by atoms with E-state index in [1.165, 1.54) is 16.9 Å². The Morgan fingerprint density at radius 2 is 2.23 bits per heavy atom. The lowest BCUT2D eigenvalue weighted by molar-refractivity contribution is 0.120. The maximum atomic E-state index is 9.16. The van der Waals surface area contributed by atoms with Gasteiger partial charge in [0.05, 0.1) is 12.7 Å². The van der Waals surface area contributed by atoms with Crippen molar-refractivity contribution in [3.8, 4) is 6.07 Å². The lowest BCUT2D eigenvalue weighted by atomic mass is 10.2. The molecular weight excluding hydrogens is 294 g/mol. The van der Waals surface area contributed by atoms with Gasteiger partial charge in [0, 0.05) is 30.4 Å². The normalized spacial score (nSPS) is 12.4. The summed E-state index contributed by atoms with van der Waals surface area (Å²) in [5, 5.41) is 11.9. The number of rotatable bonds is 8. The Morgan fingerprint density at radius 1 is 1.41 bits per heavy atom. The Kier molecular flexibility index (Phi) is 6.75. The molecule has 0 unspecified atom stereocenters. The molecule has 0 bridgehead atoms. The average Bonchev–Trinajstić information content (AvgIpc) is 2.97. The number of aromatic nitrogens is 1. The van der Waals surface area contributed by atoms with Crippen molar-refractivity contribution in [2.75, 3.05) is 13.2 Å². The Hall–Kier alpha value is -2.03. The number of nitriles is 1. The number of benzene rings is 1. The number of nitrogens with zero attached hydrogens (tertiary/aromatic N) is 3. The van der Waals surface area contributed by atoms with Crippen LogP contribution in [0.5, 0.6) is 0 Å². The summed E-state index contributed by atoms with van der Waals surface area (Å²) in [4.78, 5) is 8.64. The standard InChI is InChI=1S/C17H19N3OS/c1-14-13-22-17(20-14)16(10-18)11-19-8-5-9-21-12-15-6-3-2-4-7-15/h2-4,6-7,11,13,16H,5,8-9,12H2,1H3/t16-/m0/s1. The van der Waals surface area contributed by atoms with Gasteiger partial charge < -0.3 is 4.74 Å². The molecule has 0 saturated heterocycles. The highest BCUT2D eigenvalue weighted by Crippen LogP contribution is 2.17. The lowest BCUT2D eigenvalue weighted by Gasteiger charge is -2.03. The third-order valence-corrected chi connectivity index (χ3v) is 4.03. The van der Waals surface area contributed by atoms with Crippen molar-refractivity contribution in [3.05, 3.63) is 52.0 Å². The van der Waals surface area contributed by atoms with E-state index in [9.17, 15) is 0 Å². The van der Waals surface area contributed by atoms with Crippen molar-refractivity contribution in [2.45, 2.75) is 25.9 Å². The molecule has 114 valence electrons. The van der Waals surface area contributed by atoms with Gasteiger partial charge in [-0.25, -0.2) is 4.98 Å². The summed E-state index contributed by atoms with van der Waals surface area (Å²) in [6, 6.07) is 12.3. The van der Waals surface area contributed by atoms with Crippen molar-refractivity contribution in [2.24, 2.45) is 4.99 Å². The second-order valence-corrected chi connectivity index (χ2v) is 5.77. The molecule has 0 aliphatic rings. The summed E-state index contributed by atoms with van der Waals surface area (Å²) in [5.74, 6) is -0.344. The summed E-state index contributed by atoms with van der Waals surface area (Å²) in [7, 11) is 0. The molecule has 0 radical (unpaired) electrons. The third kappa shape index (κ3) is 5.40. The van der Waals surface area contributed by atoms with E-state index < -0.39 is 0 Å². The second-order valence-electron chi connectivity index (χ2n) is 4.88. The van der Waals surface area contributed by atoms with Gasteiger partial charge in [-0.1, -0.05) is 30.3 Å². The molecule has 0 spiro atoms. The number of ether oxygens (including phenoxy) is 1. The van der Waals surface area contributed by atoms with E-state index in [4.69, 9.17) is 10.00 Å². The highest BCUT2D eigenvalue weighted by atomic mass is 32.1. The largest absolute Gasteiger partial charge is 0.377 e. The molecule has 1 aromatic heterocycles. The second kappa shape index (κ2) is 9.08. The molecule has 0 aliphatic heterocycles. The molecule has 0 N–H and O–H groups in total. The Labute approximate surface area is 135 Å². The highest BCUT2D eigenvalue weighted by Gasteiger charge is 2.10. The van der Waals surface area contributed by atoms with Gasteiger partial charge in [0.2, 0.25) is 0 Å². The molecule has 1 atom stereocenters. The highest BCUT2D eigenvalue weighted by molar-refractivity contribution is 7.09. The predicted octanol–water partition coefficient (Wildman–Crippen LogP) is 3.74.